The lowest BCUT2D eigenvalue weighted by Crippen LogP contribution is -2.35. The molecule has 0 aliphatic heterocycles. The first kappa shape index (κ1) is 21.5. The van der Waals surface area contributed by atoms with E-state index in [9.17, 15) is 9.59 Å². The SMILES string of the molecule is Cc1ccc(-n2c([C@@H](C)N(C)C(=O)Cc3ccccc3)nc3ccccc3c2=O)cc1C. The molecule has 0 spiro atoms. The molecule has 4 aromatic rings. The molecular weight excluding hydrogens is 398 g/mol. The minimum absolute atomic E-state index is 0.0299. The number of aryl methyl sites for hydroxylation is 2. The van der Waals surface area contributed by atoms with Crippen LogP contribution in [-0.4, -0.2) is 27.4 Å². The van der Waals surface area contributed by atoms with Crippen molar-refractivity contribution in [3.63, 3.8) is 0 Å². The first-order chi connectivity index (χ1) is 15.4. The van der Waals surface area contributed by atoms with Gasteiger partial charge in [0.1, 0.15) is 5.82 Å². The van der Waals surface area contributed by atoms with Gasteiger partial charge in [0.05, 0.1) is 29.1 Å². The lowest BCUT2D eigenvalue weighted by molar-refractivity contribution is -0.131. The summed E-state index contributed by atoms with van der Waals surface area (Å²) in [6.45, 7) is 5.98. The highest BCUT2D eigenvalue weighted by Gasteiger charge is 2.24. The van der Waals surface area contributed by atoms with Gasteiger partial charge in [0.2, 0.25) is 5.91 Å². The number of carbonyl (C=O) groups is 1. The number of aromatic nitrogens is 2. The van der Waals surface area contributed by atoms with Gasteiger partial charge in [-0.25, -0.2) is 4.98 Å². The van der Waals surface area contributed by atoms with Crippen molar-refractivity contribution in [2.75, 3.05) is 7.05 Å². The number of likely N-dealkylation sites (N-methyl/N-ethyl adjacent to an activating group) is 1. The molecule has 32 heavy (non-hydrogen) atoms. The van der Waals surface area contributed by atoms with Crippen molar-refractivity contribution in [1.82, 2.24) is 14.5 Å². The monoisotopic (exact) mass is 425 g/mol. The van der Waals surface area contributed by atoms with Crippen molar-refractivity contribution in [1.29, 1.82) is 0 Å². The van der Waals surface area contributed by atoms with Crippen LogP contribution in [0.5, 0.6) is 0 Å². The third-order valence-electron chi connectivity index (χ3n) is 6.10. The van der Waals surface area contributed by atoms with Crippen molar-refractivity contribution in [2.45, 2.75) is 33.2 Å². The van der Waals surface area contributed by atoms with E-state index >= 15 is 0 Å². The van der Waals surface area contributed by atoms with Crippen molar-refractivity contribution >= 4 is 16.8 Å². The summed E-state index contributed by atoms with van der Waals surface area (Å²) in [5.41, 5.74) is 4.44. The van der Waals surface area contributed by atoms with Gasteiger partial charge < -0.3 is 4.90 Å². The zero-order valence-electron chi connectivity index (χ0n) is 18.9. The summed E-state index contributed by atoms with van der Waals surface area (Å²) in [7, 11) is 1.77. The Kier molecular flexibility index (Phi) is 5.91. The molecular formula is C27H27N3O2. The standard InChI is InChI=1S/C27H27N3O2/c1-18-14-15-22(16-19(18)2)30-26(28-24-13-9-8-12-23(24)27(30)32)20(3)29(4)25(31)17-21-10-6-5-7-11-21/h5-16,20H,17H2,1-4H3/t20-/m1/s1. The van der Waals surface area contributed by atoms with Gasteiger partial charge in [-0.15, -0.1) is 0 Å². The largest absolute Gasteiger partial charge is 0.336 e. The number of amides is 1. The molecule has 1 heterocycles. The van der Waals surface area contributed by atoms with Crippen LogP contribution in [0.15, 0.2) is 77.6 Å². The summed E-state index contributed by atoms with van der Waals surface area (Å²) >= 11 is 0. The van der Waals surface area contributed by atoms with Gasteiger partial charge in [0.15, 0.2) is 0 Å². The van der Waals surface area contributed by atoms with E-state index in [-0.39, 0.29) is 11.5 Å². The van der Waals surface area contributed by atoms with E-state index < -0.39 is 6.04 Å². The van der Waals surface area contributed by atoms with Crippen LogP contribution in [0, 0.1) is 13.8 Å². The van der Waals surface area contributed by atoms with E-state index in [4.69, 9.17) is 4.98 Å². The summed E-state index contributed by atoms with van der Waals surface area (Å²) in [4.78, 5) is 33.1. The fraction of sp³-hybridized carbons (Fsp3) is 0.222. The number of para-hydroxylation sites is 1. The van der Waals surface area contributed by atoms with Crippen LogP contribution in [0.25, 0.3) is 16.6 Å². The van der Waals surface area contributed by atoms with Gasteiger partial charge in [-0.2, -0.15) is 0 Å². The highest BCUT2D eigenvalue weighted by molar-refractivity contribution is 5.80. The highest BCUT2D eigenvalue weighted by atomic mass is 16.2. The maximum absolute atomic E-state index is 13.6. The molecule has 4 rings (SSSR count). The lowest BCUT2D eigenvalue weighted by atomic mass is 10.1. The molecule has 0 radical (unpaired) electrons. The molecule has 1 amide bonds. The average molecular weight is 426 g/mol. The van der Waals surface area contributed by atoms with Crippen LogP contribution >= 0.6 is 0 Å². The second-order valence-corrected chi connectivity index (χ2v) is 8.24. The Morgan fingerprint density at radius 2 is 1.66 bits per heavy atom. The van der Waals surface area contributed by atoms with Crippen LogP contribution in [0.1, 0.15) is 35.5 Å². The first-order valence-corrected chi connectivity index (χ1v) is 10.8. The van der Waals surface area contributed by atoms with Crippen molar-refractivity contribution < 1.29 is 4.79 Å². The van der Waals surface area contributed by atoms with Crippen molar-refractivity contribution in [3.05, 3.63) is 106 Å². The predicted octanol–water partition coefficient (Wildman–Crippen LogP) is 4.76. The molecule has 1 aromatic heterocycles. The zero-order valence-corrected chi connectivity index (χ0v) is 18.9. The predicted molar refractivity (Wildman–Crippen MR) is 128 cm³/mol. The van der Waals surface area contributed by atoms with Crippen LogP contribution in [0.2, 0.25) is 0 Å². The first-order valence-electron chi connectivity index (χ1n) is 10.8. The van der Waals surface area contributed by atoms with E-state index in [0.29, 0.717) is 23.1 Å². The molecule has 0 aliphatic rings. The number of benzene rings is 3. The molecule has 0 N–H and O–H groups in total. The molecule has 5 heteroatoms. The molecule has 0 unspecified atom stereocenters. The third-order valence-corrected chi connectivity index (χ3v) is 6.10. The molecule has 1 atom stereocenters. The quantitative estimate of drug-likeness (QED) is 0.463. The number of rotatable bonds is 5. The van der Waals surface area contributed by atoms with Crippen LogP contribution in [0.3, 0.4) is 0 Å². The molecule has 3 aromatic carbocycles. The van der Waals surface area contributed by atoms with Gasteiger partial charge in [0.25, 0.3) is 5.56 Å². The number of hydrogen-bond acceptors (Lipinski definition) is 3. The van der Waals surface area contributed by atoms with E-state index in [1.54, 1.807) is 22.6 Å². The summed E-state index contributed by atoms with van der Waals surface area (Å²) in [5, 5.41) is 0.556. The van der Waals surface area contributed by atoms with E-state index in [1.807, 2.05) is 87.5 Å². The second-order valence-electron chi connectivity index (χ2n) is 8.24. The Bertz CT molecular complexity index is 1340. The Labute approximate surface area is 188 Å². The van der Waals surface area contributed by atoms with E-state index in [1.165, 1.54) is 0 Å². The topological polar surface area (TPSA) is 55.2 Å². The number of nitrogens with zero attached hydrogens (tertiary/aromatic N) is 3. The summed E-state index contributed by atoms with van der Waals surface area (Å²) in [6, 6.07) is 22.5. The Morgan fingerprint density at radius 3 is 2.38 bits per heavy atom. The Hall–Kier alpha value is -3.73. The molecule has 162 valence electrons. The summed E-state index contributed by atoms with van der Waals surface area (Å²) in [6.07, 6.45) is 0.295. The molecule has 0 aliphatic carbocycles. The molecule has 0 saturated heterocycles. The van der Waals surface area contributed by atoms with Gasteiger partial charge in [-0.3, -0.25) is 14.2 Å². The normalized spacial score (nSPS) is 12.0. The summed E-state index contributed by atoms with van der Waals surface area (Å²) < 4.78 is 1.64. The average Bonchev–Trinajstić information content (AvgIpc) is 2.80. The Morgan fingerprint density at radius 1 is 0.969 bits per heavy atom. The molecule has 0 saturated carbocycles. The van der Waals surface area contributed by atoms with Crippen LogP contribution in [0.4, 0.5) is 0 Å². The van der Waals surface area contributed by atoms with E-state index in [2.05, 4.69) is 0 Å². The van der Waals surface area contributed by atoms with Gasteiger partial charge >= 0.3 is 0 Å². The van der Waals surface area contributed by atoms with Gasteiger partial charge in [0, 0.05) is 7.05 Å². The van der Waals surface area contributed by atoms with Crippen molar-refractivity contribution in [3.8, 4) is 5.69 Å². The van der Waals surface area contributed by atoms with Crippen LogP contribution in [-0.2, 0) is 11.2 Å². The summed E-state index contributed by atoms with van der Waals surface area (Å²) in [5.74, 6) is 0.513. The third kappa shape index (κ3) is 4.06. The molecule has 0 fully saturated rings. The lowest BCUT2D eigenvalue weighted by Gasteiger charge is -2.27. The Balaban J connectivity index is 1.82. The van der Waals surface area contributed by atoms with E-state index in [0.717, 1.165) is 22.4 Å². The maximum Gasteiger partial charge on any atom is 0.266 e. The number of hydrogen-bond donors (Lipinski definition) is 0. The minimum atomic E-state index is -0.398. The molecule has 5 nitrogen and oxygen atoms in total. The van der Waals surface area contributed by atoms with Gasteiger partial charge in [-0.05, 0) is 61.7 Å². The fourth-order valence-electron chi connectivity index (χ4n) is 3.83. The zero-order chi connectivity index (χ0) is 22.8. The van der Waals surface area contributed by atoms with Crippen molar-refractivity contribution in [2.24, 2.45) is 0 Å². The maximum atomic E-state index is 13.6. The van der Waals surface area contributed by atoms with Crippen LogP contribution < -0.4 is 5.56 Å². The minimum Gasteiger partial charge on any atom is -0.336 e. The number of carbonyl (C=O) groups excluding carboxylic acids is 1. The van der Waals surface area contributed by atoms with Gasteiger partial charge in [-0.1, -0.05) is 48.5 Å². The fourth-order valence-corrected chi connectivity index (χ4v) is 3.83. The smallest absolute Gasteiger partial charge is 0.266 e. The second kappa shape index (κ2) is 8.79. The number of fused-ring (bicyclic) bond motifs is 1. The molecule has 0 bridgehead atoms. The highest BCUT2D eigenvalue weighted by Crippen LogP contribution is 2.23.